The smallest absolute Gasteiger partial charge is 0.328 e. The zero-order chi connectivity index (χ0) is 17.4. The predicted molar refractivity (Wildman–Crippen MR) is 79.0 cm³/mol. The fourth-order valence-electron chi connectivity index (χ4n) is 2.27. The molecular weight excluding hydrogens is 346 g/mol. The number of carbonyl (C=O) groups excluding carboxylic acids is 1. The van der Waals surface area contributed by atoms with Crippen LogP contribution in [0.4, 0.5) is 13.8 Å². The standard InChI is InChI=1S/C14H10F2N2O5S/c15-7-2-1-6(3-8(7)16)14(20)17-12-9(19)5-23-10-4-11(18(21)22)24-13(10)12/h1-4,9,12,19H,5H2,(H,17,20). The summed E-state index contributed by atoms with van der Waals surface area (Å²) < 4.78 is 31.4. The third-order valence-corrected chi connectivity index (χ3v) is 4.59. The Morgan fingerprint density at radius 1 is 1.38 bits per heavy atom. The molecule has 2 atom stereocenters. The third kappa shape index (κ3) is 2.93. The van der Waals surface area contributed by atoms with Gasteiger partial charge in [0, 0.05) is 5.56 Å². The molecule has 0 bridgehead atoms. The molecule has 3 rings (SSSR count). The van der Waals surface area contributed by atoms with E-state index in [9.17, 15) is 28.8 Å². The Hall–Kier alpha value is -2.59. The Bertz CT molecular complexity index is 825. The van der Waals surface area contributed by atoms with Gasteiger partial charge in [0.05, 0.1) is 21.9 Å². The quantitative estimate of drug-likeness (QED) is 0.648. The molecule has 0 radical (unpaired) electrons. The van der Waals surface area contributed by atoms with Gasteiger partial charge < -0.3 is 15.2 Å². The van der Waals surface area contributed by atoms with Crippen molar-refractivity contribution in [2.75, 3.05) is 6.61 Å². The lowest BCUT2D eigenvalue weighted by atomic mass is 10.1. The molecule has 0 saturated heterocycles. The summed E-state index contributed by atoms with van der Waals surface area (Å²) in [5.41, 5.74) is -0.139. The highest BCUT2D eigenvalue weighted by Crippen LogP contribution is 2.42. The number of amides is 1. The zero-order valence-electron chi connectivity index (χ0n) is 11.9. The molecule has 10 heteroatoms. The van der Waals surface area contributed by atoms with Gasteiger partial charge in [0.25, 0.3) is 5.91 Å². The molecule has 2 aromatic rings. The van der Waals surface area contributed by atoms with E-state index in [0.29, 0.717) is 0 Å². The average molecular weight is 356 g/mol. The first-order valence-corrected chi connectivity index (χ1v) is 7.53. The second-order valence-corrected chi connectivity index (χ2v) is 6.09. The van der Waals surface area contributed by atoms with Gasteiger partial charge in [-0.25, -0.2) is 8.78 Å². The van der Waals surface area contributed by atoms with Crippen LogP contribution in [0.5, 0.6) is 5.75 Å². The van der Waals surface area contributed by atoms with Gasteiger partial charge in [0.15, 0.2) is 11.6 Å². The molecule has 1 aliphatic heterocycles. The van der Waals surface area contributed by atoms with Crippen LogP contribution in [-0.2, 0) is 0 Å². The predicted octanol–water partition coefficient (Wildman–Crippen LogP) is 2.16. The summed E-state index contributed by atoms with van der Waals surface area (Å²) in [6.07, 6.45) is -1.13. The summed E-state index contributed by atoms with van der Waals surface area (Å²) in [4.78, 5) is 22.7. The molecule has 126 valence electrons. The van der Waals surface area contributed by atoms with Crippen LogP contribution >= 0.6 is 11.3 Å². The third-order valence-electron chi connectivity index (χ3n) is 3.44. The van der Waals surface area contributed by atoms with Crippen molar-refractivity contribution in [3.8, 4) is 5.75 Å². The number of nitrogens with one attached hydrogen (secondary N) is 1. The molecule has 24 heavy (non-hydrogen) atoms. The van der Waals surface area contributed by atoms with E-state index < -0.39 is 34.6 Å². The van der Waals surface area contributed by atoms with Crippen molar-refractivity contribution in [1.82, 2.24) is 5.32 Å². The van der Waals surface area contributed by atoms with E-state index in [-0.39, 0.29) is 27.8 Å². The molecule has 1 amide bonds. The van der Waals surface area contributed by atoms with E-state index in [1.54, 1.807) is 0 Å². The SMILES string of the molecule is O=C(NC1c2sc([N+](=O)[O-])cc2OCC1O)c1ccc(F)c(F)c1. The number of carbonyl (C=O) groups is 1. The van der Waals surface area contributed by atoms with Gasteiger partial charge >= 0.3 is 5.00 Å². The number of rotatable bonds is 3. The molecule has 0 fully saturated rings. The maximum absolute atomic E-state index is 13.2. The number of aliphatic hydroxyl groups excluding tert-OH is 1. The molecule has 2 N–H and O–H groups in total. The van der Waals surface area contributed by atoms with Crippen LogP contribution in [0.2, 0.25) is 0 Å². The lowest BCUT2D eigenvalue weighted by molar-refractivity contribution is -0.380. The van der Waals surface area contributed by atoms with E-state index in [0.717, 1.165) is 29.5 Å². The maximum Gasteiger partial charge on any atom is 0.328 e. The van der Waals surface area contributed by atoms with E-state index in [4.69, 9.17) is 4.74 Å². The zero-order valence-corrected chi connectivity index (χ0v) is 12.7. The van der Waals surface area contributed by atoms with Crippen molar-refractivity contribution < 1.29 is 28.3 Å². The Morgan fingerprint density at radius 2 is 2.12 bits per heavy atom. The minimum atomic E-state index is -1.18. The van der Waals surface area contributed by atoms with Crippen LogP contribution in [0.1, 0.15) is 21.3 Å². The average Bonchev–Trinajstić information content (AvgIpc) is 2.97. The number of benzene rings is 1. The number of ether oxygens (including phenoxy) is 1. The van der Waals surface area contributed by atoms with E-state index in [1.165, 1.54) is 6.07 Å². The molecular formula is C14H10F2N2O5S. The maximum atomic E-state index is 13.2. The first kappa shape index (κ1) is 16.3. The van der Waals surface area contributed by atoms with Crippen molar-refractivity contribution in [3.05, 3.63) is 56.5 Å². The summed E-state index contributed by atoms with van der Waals surface area (Å²) in [6, 6.07) is 2.90. The van der Waals surface area contributed by atoms with Crippen LogP contribution in [-0.4, -0.2) is 28.6 Å². The van der Waals surface area contributed by atoms with Gasteiger partial charge in [-0.2, -0.15) is 0 Å². The number of hydrogen-bond donors (Lipinski definition) is 2. The molecule has 1 aromatic heterocycles. The van der Waals surface area contributed by atoms with Crippen LogP contribution in [0, 0.1) is 21.7 Å². The van der Waals surface area contributed by atoms with E-state index in [1.807, 2.05) is 0 Å². The molecule has 2 heterocycles. The van der Waals surface area contributed by atoms with Gasteiger partial charge in [-0.15, -0.1) is 0 Å². The summed E-state index contributed by atoms with van der Waals surface area (Å²) >= 11 is 0.765. The second-order valence-electron chi connectivity index (χ2n) is 5.03. The molecule has 0 spiro atoms. The van der Waals surface area contributed by atoms with Crippen LogP contribution in [0.3, 0.4) is 0 Å². The Morgan fingerprint density at radius 3 is 2.79 bits per heavy atom. The Balaban J connectivity index is 1.87. The van der Waals surface area contributed by atoms with E-state index in [2.05, 4.69) is 5.32 Å². The lowest BCUT2D eigenvalue weighted by Gasteiger charge is -2.28. The first-order valence-electron chi connectivity index (χ1n) is 6.71. The molecule has 7 nitrogen and oxygen atoms in total. The van der Waals surface area contributed by atoms with Gasteiger partial charge in [-0.05, 0) is 18.2 Å². The molecule has 1 aromatic carbocycles. The lowest BCUT2D eigenvalue weighted by Crippen LogP contribution is -2.41. The molecule has 1 aliphatic rings. The minimum absolute atomic E-state index is 0.139. The molecule has 2 unspecified atom stereocenters. The number of aliphatic hydroxyl groups is 1. The number of fused-ring (bicyclic) bond motifs is 1. The number of thiophene rings is 1. The van der Waals surface area contributed by atoms with Gasteiger partial charge in [0.1, 0.15) is 18.5 Å². The first-order chi connectivity index (χ1) is 11.4. The Kier molecular flexibility index (Phi) is 4.16. The monoisotopic (exact) mass is 356 g/mol. The molecule has 0 aliphatic carbocycles. The van der Waals surface area contributed by atoms with Crippen LogP contribution in [0.25, 0.3) is 0 Å². The summed E-state index contributed by atoms with van der Waals surface area (Å²) in [5.74, 6) is -2.81. The van der Waals surface area contributed by atoms with Crippen molar-refractivity contribution >= 4 is 22.2 Å². The largest absolute Gasteiger partial charge is 0.489 e. The fourth-order valence-corrected chi connectivity index (χ4v) is 3.29. The highest BCUT2D eigenvalue weighted by Gasteiger charge is 2.35. The van der Waals surface area contributed by atoms with E-state index >= 15 is 0 Å². The minimum Gasteiger partial charge on any atom is -0.489 e. The fraction of sp³-hybridized carbons (Fsp3) is 0.214. The Labute approximate surface area is 137 Å². The van der Waals surface area contributed by atoms with Crippen molar-refractivity contribution in [2.45, 2.75) is 12.1 Å². The van der Waals surface area contributed by atoms with Crippen LogP contribution < -0.4 is 10.1 Å². The second kappa shape index (κ2) is 6.13. The number of hydrogen-bond acceptors (Lipinski definition) is 6. The van der Waals surface area contributed by atoms with Gasteiger partial charge in [-0.3, -0.25) is 14.9 Å². The highest BCUT2D eigenvalue weighted by atomic mass is 32.1. The van der Waals surface area contributed by atoms with Crippen molar-refractivity contribution in [1.29, 1.82) is 0 Å². The normalized spacial score (nSPS) is 19.3. The summed E-state index contributed by atoms with van der Waals surface area (Å²) in [5, 5.41) is 23.2. The summed E-state index contributed by atoms with van der Waals surface area (Å²) in [6.45, 7) is -0.163. The van der Waals surface area contributed by atoms with Crippen molar-refractivity contribution in [2.24, 2.45) is 0 Å². The topological polar surface area (TPSA) is 102 Å². The number of nitrogens with zero attached hydrogens (tertiary/aromatic N) is 1. The van der Waals surface area contributed by atoms with Crippen molar-refractivity contribution in [3.63, 3.8) is 0 Å². The van der Waals surface area contributed by atoms with Gasteiger partial charge in [0.2, 0.25) is 0 Å². The highest BCUT2D eigenvalue weighted by molar-refractivity contribution is 7.15. The summed E-state index contributed by atoms with van der Waals surface area (Å²) in [7, 11) is 0. The number of nitro groups is 1. The molecule has 0 saturated carbocycles. The van der Waals surface area contributed by atoms with Crippen LogP contribution in [0.15, 0.2) is 24.3 Å². The number of halogens is 2. The van der Waals surface area contributed by atoms with Gasteiger partial charge in [-0.1, -0.05) is 11.3 Å².